The zero-order chi connectivity index (χ0) is 11.4. The van der Waals surface area contributed by atoms with Gasteiger partial charge in [-0.3, -0.25) is 9.69 Å². The van der Waals surface area contributed by atoms with Crippen molar-refractivity contribution in [2.45, 2.75) is 25.5 Å². The van der Waals surface area contributed by atoms with E-state index in [1.807, 2.05) is 0 Å². The Bertz CT molecular complexity index is 241. The third-order valence-electron chi connectivity index (χ3n) is 3.30. The molecule has 16 heavy (non-hydrogen) atoms. The van der Waals surface area contributed by atoms with E-state index in [0.717, 1.165) is 39.1 Å². The lowest BCUT2D eigenvalue weighted by atomic mass is 10.2. The number of carbonyl (C=O) groups is 1. The molecule has 2 N–H and O–H groups in total. The van der Waals surface area contributed by atoms with Crippen molar-refractivity contribution in [1.82, 2.24) is 15.5 Å². The number of amides is 1. The molecule has 2 saturated heterocycles. The molecular formula is C11H21N3O2. The smallest absolute Gasteiger partial charge is 0.250 e. The van der Waals surface area contributed by atoms with Crippen LogP contribution in [-0.2, 0) is 9.53 Å². The zero-order valence-corrected chi connectivity index (χ0v) is 9.87. The molecule has 2 aliphatic heterocycles. The van der Waals surface area contributed by atoms with Gasteiger partial charge in [0.15, 0.2) is 0 Å². The Kier molecular flexibility index (Phi) is 4.15. The van der Waals surface area contributed by atoms with Crippen LogP contribution in [0.15, 0.2) is 0 Å². The van der Waals surface area contributed by atoms with Gasteiger partial charge in [0.25, 0.3) is 5.91 Å². The van der Waals surface area contributed by atoms with E-state index in [-0.39, 0.29) is 18.1 Å². The Labute approximate surface area is 96.5 Å². The van der Waals surface area contributed by atoms with Crippen molar-refractivity contribution in [3.63, 3.8) is 0 Å². The van der Waals surface area contributed by atoms with E-state index in [9.17, 15) is 4.79 Å². The fourth-order valence-corrected chi connectivity index (χ4v) is 2.22. The van der Waals surface area contributed by atoms with Gasteiger partial charge in [-0.05, 0) is 19.5 Å². The van der Waals surface area contributed by atoms with Crippen LogP contribution in [0.2, 0.25) is 0 Å². The molecule has 2 atom stereocenters. The summed E-state index contributed by atoms with van der Waals surface area (Å²) in [5.74, 6) is 0.0480. The van der Waals surface area contributed by atoms with Crippen LogP contribution < -0.4 is 10.6 Å². The average Bonchev–Trinajstić information content (AvgIpc) is 2.82. The fraction of sp³-hybridized carbons (Fsp3) is 0.909. The number of nitrogens with zero attached hydrogens (tertiary/aromatic N) is 1. The van der Waals surface area contributed by atoms with Crippen LogP contribution in [0.4, 0.5) is 0 Å². The number of morpholine rings is 1. The number of hydrogen-bond donors (Lipinski definition) is 2. The quantitative estimate of drug-likeness (QED) is 0.662. The molecule has 0 aliphatic carbocycles. The molecule has 92 valence electrons. The van der Waals surface area contributed by atoms with Crippen molar-refractivity contribution in [1.29, 1.82) is 0 Å². The number of ether oxygens (including phenoxy) is 1. The van der Waals surface area contributed by atoms with E-state index in [4.69, 9.17) is 4.74 Å². The summed E-state index contributed by atoms with van der Waals surface area (Å²) in [5, 5.41) is 6.27. The Morgan fingerprint density at radius 1 is 1.62 bits per heavy atom. The van der Waals surface area contributed by atoms with Gasteiger partial charge in [0.2, 0.25) is 0 Å². The highest BCUT2D eigenvalue weighted by Gasteiger charge is 2.28. The second-order valence-electron chi connectivity index (χ2n) is 4.45. The van der Waals surface area contributed by atoms with Gasteiger partial charge in [-0.15, -0.1) is 0 Å². The highest BCUT2D eigenvalue weighted by Crippen LogP contribution is 2.06. The molecule has 2 rings (SSSR count). The van der Waals surface area contributed by atoms with E-state index < -0.39 is 0 Å². The van der Waals surface area contributed by atoms with Crippen molar-refractivity contribution in [3.8, 4) is 0 Å². The normalized spacial score (nSPS) is 31.6. The number of carbonyl (C=O) groups excluding carboxylic acids is 1. The summed E-state index contributed by atoms with van der Waals surface area (Å²) in [5.41, 5.74) is 0. The fourth-order valence-electron chi connectivity index (χ4n) is 2.22. The minimum atomic E-state index is -0.283. The lowest BCUT2D eigenvalue weighted by Gasteiger charge is -2.31. The predicted molar refractivity (Wildman–Crippen MR) is 61.3 cm³/mol. The highest BCUT2D eigenvalue weighted by molar-refractivity contribution is 5.81. The molecule has 0 aromatic heterocycles. The van der Waals surface area contributed by atoms with Gasteiger partial charge in [-0.1, -0.05) is 6.92 Å². The first kappa shape index (κ1) is 11.8. The van der Waals surface area contributed by atoms with Crippen molar-refractivity contribution in [2.75, 3.05) is 39.3 Å². The Morgan fingerprint density at radius 2 is 2.50 bits per heavy atom. The zero-order valence-electron chi connectivity index (χ0n) is 9.87. The third-order valence-corrected chi connectivity index (χ3v) is 3.30. The minimum absolute atomic E-state index is 0.0480. The van der Waals surface area contributed by atoms with Crippen LogP contribution in [-0.4, -0.2) is 62.3 Å². The van der Waals surface area contributed by atoms with Gasteiger partial charge in [-0.25, -0.2) is 0 Å². The van der Waals surface area contributed by atoms with Gasteiger partial charge < -0.3 is 15.4 Å². The topological polar surface area (TPSA) is 53.6 Å². The Hall–Kier alpha value is -0.650. The number of nitrogens with one attached hydrogen (secondary N) is 2. The van der Waals surface area contributed by atoms with E-state index in [1.54, 1.807) is 0 Å². The Balaban J connectivity index is 1.79. The molecule has 0 bridgehead atoms. The van der Waals surface area contributed by atoms with Gasteiger partial charge in [0.05, 0.1) is 6.61 Å². The van der Waals surface area contributed by atoms with E-state index >= 15 is 0 Å². The molecule has 0 aromatic carbocycles. The van der Waals surface area contributed by atoms with Crippen LogP contribution in [0.1, 0.15) is 13.3 Å². The molecule has 0 spiro atoms. The molecule has 5 heteroatoms. The number of rotatable bonds is 3. The molecule has 0 aromatic rings. The maximum atomic E-state index is 11.9. The van der Waals surface area contributed by atoms with E-state index in [0.29, 0.717) is 6.61 Å². The standard InChI is InChI=1S/C11H21N3O2/c1-2-14-5-6-16-10(8-14)11(15)13-9-3-4-12-7-9/h9-10,12H,2-8H2,1H3,(H,13,15). The summed E-state index contributed by atoms with van der Waals surface area (Å²) in [4.78, 5) is 14.2. The second-order valence-corrected chi connectivity index (χ2v) is 4.45. The third kappa shape index (κ3) is 2.93. The summed E-state index contributed by atoms with van der Waals surface area (Å²) in [6, 6.07) is 0.285. The summed E-state index contributed by atoms with van der Waals surface area (Å²) < 4.78 is 5.51. The number of likely N-dealkylation sites (N-methyl/N-ethyl adjacent to an activating group) is 1. The van der Waals surface area contributed by atoms with Gasteiger partial charge in [0, 0.05) is 25.7 Å². The number of hydrogen-bond acceptors (Lipinski definition) is 4. The molecule has 5 nitrogen and oxygen atoms in total. The summed E-state index contributed by atoms with van der Waals surface area (Å²) in [6.07, 6.45) is 0.741. The monoisotopic (exact) mass is 227 g/mol. The van der Waals surface area contributed by atoms with Gasteiger partial charge in [0.1, 0.15) is 6.10 Å². The first-order valence-corrected chi connectivity index (χ1v) is 6.14. The van der Waals surface area contributed by atoms with Crippen LogP contribution in [0, 0.1) is 0 Å². The van der Waals surface area contributed by atoms with E-state index in [2.05, 4.69) is 22.5 Å². The average molecular weight is 227 g/mol. The van der Waals surface area contributed by atoms with Crippen LogP contribution in [0.25, 0.3) is 0 Å². The molecule has 2 unspecified atom stereocenters. The van der Waals surface area contributed by atoms with E-state index in [1.165, 1.54) is 0 Å². The molecule has 0 radical (unpaired) electrons. The van der Waals surface area contributed by atoms with Gasteiger partial charge >= 0.3 is 0 Å². The highest BCUT2D eigenvalue weighted by atomic mass is 16.5. The SMILES string of the molecule is CCN1CCOC(C(=O)NC2CCNC2)C1. The van der Waals surface area contributed by atoms with Crippen molar-refractivity contribution < 1.29 is 9.53 Å². The molecule has 2 fully saturated rings. The first-order chi connectivity index (χ1) is 7.79. The second kappa shape index (κ2) is 5.61. The molecular weight excluding hydrogens is 206 g/mol. The van der Waals surface area contributed by atoms with Crippen molar-refractivity contribution in [2.24, 2.45) is 0 Å². The summed E-state index contributed by atoms with van der Waals surface area (Å²) >= 11 is 0. The van der Waals surface area contributed by atoms with Crippen LogP contribution in [0.5, 0.6) is 0 Å². The molecule has 1 amide bonds. The lowest BCUT2D eigenvalue weighted by molar-refractivity contribution is -0.139. The van der Waals surface area contributed by atoms with Crippen molar-refractivity contribution in [3.05, 3.63) is 0 Å². The maximum Gasteiger partial charge on any atom is 0.250 e. The first-order valence-electron chi connectivity index (χ1n) is 6.14. The van der Waals surface area contributed by atoms with Gasteiger partial charge in [-0.2, -0.15) is 0 Å². The predicted octanol–water partition coefficient (Wildman–Crippen LogP) is -0.815. The lowest BCUT2D eigenvalue weighted by Crippen LogP contribution is -2.51. The largest absolute Gasteiger partial charge is 0.366 e. The van der Waals surface area contributed by atoms with Crippen molar-refractivity contribution >= 4 is 5.91 Å². The molecule has 2 heterocycles. The molecule has 0 saturated carbocycles. The summed E-state index contributed by atoms with van der Waals surface area (Å²) in [6.45, 7) is 7.30. The minimum Gasteiger partial charge on any atom is -0.366 e. The summed E-state index contributed by atoms with van der Waals surface area (Å²) in [7, 11) is 0. The van der Waals surface area contributed by atoms with Crippen LogP contribution >= 0.6 is 0 Å². The van der Waals surface area contributed by atoms with Crippen LogP contribution in [0.3, 0.4) is 0 Å². The Morgan fingerprint density at radius 3 is 3.19 bits per heavy atom. The molecule has 2 aliphatic rings. The maximum absolute atomic E-state index is 11.9.